The number of hydrogen-bond donors (Lipinski definition) is 2. The highest BCUT2D eigenvalue weighted by Crippen LogP contribution is 2.23. The van der Waals surface area contributed by atoms with Crippen LogP contribution in [-0.4, -0.2) is 50.0 Å². The van der Waals surface area contributed by atoms with E-state index in [1.54, 1.807) is 13.2 Å². The SMILES string of the molecule is CN=C(NCc1ccc(OCCOc2ccccc2)nc1)NCC1(C)CCCO1.I. The smallest absolute Gasteiger partial charge is 0.213 e. The predicted octanol–water partition coefficient (Wildman–Crippen LogP) is 3.39. The minimum Gasteiger partial charge on any atom is -0.490 e. The Kier molecular flexibility index (Phi) is 10.2. The molecule has 1 atom stereocenters. The zero-order chi connectivity index (χ0) is 20.4. The van der Waals surface area contributed by atoms with Crippen molar-refractivity contribution in [1.29, 1.82) is 0 Å². The van der Waals surface area contributed by atoms with Gasteiger partial charge < -0.3 is 24.8 Å². The molecular formula is C22H31IN4O3. The molecule has 8 heteroatoms. The van der Waals surface area contributed by atoms with Gasteiger partial charge in [-0.15, -0.1) is 24.0 Å². The van der Waals surface area contributed by atoms with Gasteiger partial charge in [-0.2, -0.15) is 0 Å². The van der Waals surface area contributed by atoms with Crippen molar-refractivity contribution in [1.82, 2.24) is 15.6 Å². The second-order valence-electron chi connectivity index (χ2n) is 7.20. The molecule has 2 heterocycles. The fourth-order valence-corrected chi connectivity index (χ4v) is 3.08. The number of rotatable bonds is 9. The third-order valence-corrected chi connectivity index (χ3v) is 4.76. The molecule has 1 aromatic heterocycles. The van der Waals surface area contributed by atoms with E-state index in [2.05, 4.69) is 27.5 Å². The Hall–Kier alpha value is -2.07. The van der Waals surface area contributed by atoms with Crippen molar-refractivity contribution in [3.8, 4) is 11.6 Å². The van der Waals surface area contributed by atoms with Crippen molar-refractivity contribution in [3.63, 3.8) is 0 Å². The van der Waals surface area contributed by atoms with E-state index in [0.29, 0.717) is 25.6 Å². The first-order chi connectivity index (χ1) is 14.2. The Morgan fingerprint density at radius 3 is 2.60 bits per heavy atom. The summed E-state index contributed by atoms with van der Waals surface area (Å²) in [6.07, 6.45) is 3.98. The zero-order valence-electron chi connectivity index (χ0n) is 17.6. The molecule has 3 rings (SSSR count). The fourth-order valence-electron chi connectivity index (χ4n) is 3.08. The van der Waals surface area contributed by atoms with Gasteiger partial charge in [-0.3, -0.25) is 4.99 Å². The standard InChI is InChI=1S/C22H30N4O3.HI/c1-22(11-6-12-29-22)17-26-21(23-2)25-16-18-9-10-20(24-15-18)28-14-13-27-19-7-4-3-5-8-19;/h3-5,7-10,15H,6,11-14,16-17H2,1-2H3,(H2,23,25,26);1H. The lowest BCUT2D eigenvalue weighted by molar-refractivity contribution is 0.0243. The maximum Gasteiger partial charge on any atom is 0.213 e. The molecule has 1 aromatic carbocycles. The van der Waals surface area contributed by atoms with Crippen LogP contribution in [0, 0.1) is 0 Å². The number of nitrogens with zero attached hydrogens (tertiary/aromatic N) is 2. The maximum absolute atomic E-state index is 5.80. The van der Waals surface area contributed by atoms with Crippen LogP contribution in [0.1, 0.15) is 25.3 Å². The van der Waals surface area contributed by atoms with Crippen LogP contribution in [0.5, 0.6) is 11.6 Å². The van der Waals surface area contributed by atoms with Crippen LogP contribution in [0.4, 0.5) is 0 Å². The lowest BCUT2D eigenvalue weighted by Crippen LogP contribution is -2.45. The van der Waals surface area contributed by atoms with Crippen molar-refractivity contribution in [2.75, 3.05) is 33.4 Å². The Bertz CT molecular complexity index is 766. The summed E-state index contributed by atoms with van der Waals surface area (Å²) in [7, 11) is 1.76. The highest BCUT2D eigenvalue weighted by Gasteiger charge is 2.29. The molecule has 0 bridgehead atoms. The van der Waals surface area contributed by atoms with Gasteiger partial charge in [0.25, 0.3) is 0 Å². The third kappa shape index (κ3) is 7.98. The largest absolute Gasteiger partial charge is 0.490 e. The van der Waals surface area contributed by atoms with Gasteiger partial charge in [0.2, 0.25) is 5.88 Å². The molecule has 0 aliphatic carbocycles. The number of halogens is 1. The molecule has 7 nitrogen and oxygen atoms in total. The van der Waals surface area contributed by atoms with Gasteiger partial charge in [0, 0.05) is 39.0 Å². The number of pyridine rings is 1. The summed E-state index contributed by atoms with van der Waals surface area (Å²) in [5.74, 6) is 2.17. The Labute approximate surface area is 195 Å². The van der Waals surface area contributed by atoms with Gasteiger partial charge in [-0.05, 0) is 37.5 Å². The first kappa shape index (κ1) is 24.2. The number of aliphatic imine (C=N–C) groups is 1. The lowest BCUT2D eigenvalue weighted by Gasteiger charge is -2.24. The fraction of sp³-hybridized carbons (Fsp3) is 0.455. The highest BCUT2D eigenvalue weighted by molar-refractivity contribution is 14.0. The summed E-state index contributed by atoms with van der Waals surface area (Å²) < 4.78 is 17.0. The second kappa shape index (κ2) is 12.6. The molecule has 2 N–H and O–H groups in total. The predicted molar refractivity (Wildman–Crippen MR) is 129 cm³/mol. The van der Waals surface area contributed by atoms with Gasteiger partial charge in [0.05, 0.1) is 5.60 Å². The van der Waals surface area contributed by atoms with Crippen LogP contribution >= 0.6 is 24.0 Å². The van der Waals surface area contributed by atoms with E-state index in [1.165, 1.54) is 0 Å². The van der Waals surface area contributed by atoms with Gasteiger partial charge in [-0.1, -0.05) is 24.3 Å². The monoisotopic (exact) mass is 526 g/mol. The number of para-hydroxylation sites is 1. The van der Waals surface area contributed by atoms with Gasteiger partial charge in [0.15, 0.2) is 5.96 Å². The van der Waals surface area contributed by atoms with Crippen molar-refractivity contribution in [2.45, 2.75) is 31.9 Å². The molecular weight excluding hydrogens is 495 g/mol. The number of ether oxygens (including phenoxy) is 3. The van der Waals surface area contributed by atoms with E-state index in [9.17, 15) is 0 Å². The van der Waals surface area contributed by atoms with E-state index >= 15 is 0 Å². The molecule has 1 unspecified atom stereocenters. The molecule has 1 fully saturated rings. The van der Waals surface area contributed by atoms with Crippen molar-refractivity contribution < 1.29 is 14.2 Å². The van der Waals surface area contributed by atoms with E-state index < -0.39 is 0 Å². The summed E-state index contributed by atoms with van der Waals surface area (Å²) >= 11 is 0. The van der Waals surface area contributed by atoms with E-state index in [-0.39, 0.29) is 29.6 Å². The average molecular weight is 526 g/mol. The molecule has 1 aliphatic heterocycles. The minimum absolute atomic E-state index is 0. The summed E-state index contributed by atoms with van der Waals surface area (Å²) in [6.45, 7) is 5.25. The summed E-state index contributed by atoms with van der Waals surface area (Å²) in [6, 6.07) is 13.5. The van der Waals surface area contributed by atoms with E-state index in [4.69, 9.17) is 14.2 Å². The summed E-state index contributed by atoms with van der Waals surface area (Å²) in [5.41, 5.74) is 0.937. The number of benzene rings is 1. The molecule has 0 amide bonds. The van der Waals surface area contributed by atoms with Crippen LogP contribution in [0.15, 0.2) is 53.7 Å². The van der Waals surface area contributed by atoms with Crippen LogP contribution in [0.25, 0.3) is 0 Å². The van der Waals surface area contributed by atoms with Gasteiger partial charge in [-0.25, -0.2) is 4.98 Å². The van der Waals surface area contributed by atoms with Crippen molar-refractivity contribution in [2.24, 2.45) is 4.99 Å². The topological polar surface area (TPSA) is 77.0 Å². The zero-order valence-corrected chi connectivity index (χ0v) is 19.9. The molecule has 1 saturated heterocycles. The normalized spacial score (nSPS) is 18.4. The lowest BCUT2D eigenvalue weighted by atomic mass is 10.0. The molecule has 0 spiro atoms. The Morgan fingerprint density at radius 2 is 1.93 bits per heavy atom. The van der Waals surface area contributed by atoms with E-state index in [0.717, 1.165) is 43.3 Å². The molecule has 0 radical (unpaired) electrons. The molecule has 1 aliphatic rings. The maximum atomic E-state index is 5.80. The van der Waals surface area contributed by atoms with Crippen LogP contribution in [0.3, 0.4) is 0 Å². The number of hydrogen-bond acceptors (Lipinski definition) is 5. The number of nitrogens with one attached hydrogen (secondary N) is 2. The molecule has 30 heavy (non-hydrogen) atoms. The molecule has 0 saturated carbocycles. The molecule has 2 aromatic rings. The van der Waals surface area contributed by atoms with Crippen molar-refractivity contribution >= 4 is 29.9 Å². The first-order valence-corrected chi connectivity index (χ1v) is 10.0. The average Bonchev–Trinajstić information content (AvgIpc) is 3.20. The highest BCUT2D eigenvalue weighted by atomic mass is 127. The molecule has 164 valence electrons. The van der Waals surface area contributed by atoms with Crippen LogP contribution in [0.2, 0.25) is 0 Å². The second-order valence-corrected chi connectivity index (χ2v) is 7.20. The minimum atomic E-state index is -0.109. The van der Waals surface area contributed by atoms with Gasteiger partial charge in [0.1, 0.15) is 19.0 Å². The summed E-state index contributed by atoms with van der Waals surface area (Å²) in [5, 5.41) is 6.64. The Morgan fingerprint density at radius 1 is 1.13 bits per heavy atom. The quantitative estimate of drug-likeness (QED) is 0.226. The first-order valence-electron chi connectivity index (χ1n) is 10.0. The third-order valence-electron chi connectivity index (χ3n) is 4.76. The number of aromatic nitrogens is 1. The van der Waals surface area contributed by atoms with Crippen LogP contribution < -0.4 is 20.1 Å². The van der Waals surface area contributed by atoms with Crippen LogP contribution in [-0.2, 0) is 11.3 Å². The van der Waals surface area contributed by atoms with E-state index in [1.807, 2.05) is 42.5 Å². The Balaban J connectivity index is 0.00000320. The van der Waals surface area contributed by atoms with Crippen molar-refractivity contribution in [3.05, 3.63) is 54.2 Å². The van der Waals surface area contributed by atoms with Gasteiger partial charge >= 0.3 is 0 Å². The number of guanidine groups is 1. The summed E-state index contributed by atoms with van der Waals surface area (Å²) in [4.78, 5) is 8.62.